The largest absolute Gasteiger partial charge is 0.317 e. The van der Waals surface area contributed by atoms with Crippen molar-refractivity contribution in [1.29, 1.82) is 0 Å². The number of amides is 1. The number of piperidine rings is 1. The summed E-state index contributed by atoms with van der Waals surface area (Å²) in [5.74, 6) is 0.882. The molecule has 1 aromatic heterocycles. The van der Waals surface area contributed by atoms with Crippen LogP contribution in [0.2, 0.25) is 0 Å². The highest BCUT2D eigenvalue weighted by Gasteiger charge is 2.20. The number of carbonyl (C=O) groups excluding carboxylic acids is 1. The molecule has 3 heterocycles. The molecule has 0 bridgehead atoms. The number of aliphatic imine (C=N–C) groups is 2. The molecule has 192 valence electrons. The van der Waals surface area contributed by atoms with Gasteiger partial charge in [-0.05, 0) is 58.8 Å². The van der Waals surface area contributed by atoms with Crippen LogP contribution >= 0.6 is 11.8 Å². The van der Waals surface area contributed by atoms with E-state index in [0.717, 1.165) is 5.69 Å². The summed E-state index contributed by atoms with van der Waals surface area (Å²) in [6, 6.07) is 1.82. The zero-order valence-corrected chi connectivity index (χ0v) is 22.5. The lowest BCUT2D eigenvalue weighted by atomic mass is 10.2. The summed E-state index contributed by atoms with van der Waals surface area (Å²) >= 11 is 1.49. The maximum absolute atomic E-state index is 12.8. The fourth-order valence-electron chi connectivity index (χ4n) is 3.13. The maximum atomic E-state index is 12.8. The molecule has 2 aliphatic rings. The van der Waals surface area contributed by atoms with Crippen LogP contribution in [-0.4, -0.2) is 59.5 Å². The van der Waals surface area contributed by atoms with Gasteiger partial charge in [0, 0.05) is 24.7 Å². The molecule has 0 aliphatic carbocycles. The molecule has 1 fully saturated rings. The number of allylic oxidation sites excluding steroid dienone is 1. The molecule has 0 aromatic carbocycles. The first-order chi connectivity index (χ1) is 17.1. The highest BCUT2D eigenvalue weighted by atomic mass is 32.2. The van der Waals surface area contributed by atoms with E-state index in [1.54, 1.807) is 22.1 Å². The standard InChI is InChI=1S/C18H23N7OS.C5H11N.C2H6/c1-5-8-24-12-16(20-6-2)15(11-21-24)18(26)22-17-10-14(3)23-25(17)13-27-9-7-19-4;1-2-4-6-5-3-1;1-2/h5-11H,4,12-13H2,1-3H3,(H,22,26);6H,1-5H2;1-2H3/b8-5-,9-7-,20-6?;;. The van der Waals surface area contributed by atoms with E-state index in [4.69, 9.17) is 0 Å². The van der Waals surface area contributed by atoms with E-state index in [9.17, 15) is 4.79 Å². The average Bonchev–Trinajstić information content (AvgIpc) is 3.23. The topological polar surface area (TPSA) is 99.3 Å². The Hall–Kier alpha value is -2.98. The molecule has 0 spiro atoms. The number of nitrogens with zero attached hydrogens (tertiary/aromatic N) is 6. The van der Waals surface area contributed by atoms with Crippen molar-refractivity contribution in [3.8, 4) is 0 Å². The van der Waals surface area contributed by atoms with Gasteiger partial charge in [-0.2, -0.15) is 10.2 Å². The van der Waals surface area contributed by atoms with Crippen LogP contribution in [0.5, 0.6) is 0 Å². The SMILES string of the molecule is C1CCNCC1.C=N/C=C\SCn1nc(C)cc1NC(=O)C1=C(N=CC)CN(/C=C\C)N=C1.CC. The van der Waals surface area contributed by atoms with Crippen molar-refractivity contribution >= 4 is 42.6 Å². The molecule has 0 atom stereocenters. The van der Waals surface area contributed by atoms with Crippen molar-refractivity contribution in [2.24, 2.45) is 15.1 Å². The predicted octanol–water partition coefficient (Wildman–Crippen LogP) is 4.96. The molecule has 10 heteroatoms. The molecule has 2 N–H and O–H groups in total. The lowest BCUT2D eigenvalue weighted by molar-refractivity contribution is -0.112. The Bertz CT molecular complexity index is 914. The molecule has 35 heavy (non-hydrogen) atoms. The molecule has 3 rings (SSSR count). The molecule has 2 aliphatic heterocycles. The molecular weight excluding hydrogens is 460 g/mol. The molecule has 1 aromatic rings. The quantitative estimate of drug-likeness (QED) is 0.492. The first kappa shape index (κ1) is 30.1. The van der Waals surface area contributed by atoms with Crippen LogP contribution in [0, 0.1) is 6.92 Å². The second kappa shape index (κ2) is 18.4. The van der Waals surface area contributed by atoms with E-state index < -0.39 is 0 Å². The van der Waals surface area contributed by atoms with Gasteiger partial charge in [0.05, 0.1) is 35.6 Å². The molecular formula is C25H40N8OS. The van der Waals surface area contributed by atoms with E-state index in [0.29, 0.717) is 29.5 Å². The summed E-state index contributed by atoms with van der Waals surface area (Å²) in [5.41, 5.74) is 1.90. The van der Waals surface area contributed by atoms with Crippen molar-refractivity contribution in [3.05, 3.63) is 46.9 Å². The molecule has 0 radical (unpaired) electrons. The van der Waals surface area contributed by atoms with Crippen LogP contribution in [0.3, 0.4) is 0 Å². The second-order valence-electron chi connectivity index (χ2n) is 7.27. The Balaban J connectivity index is 0.000000654. The number of thioether (sulfide) groups is 1. The normalized spacial score (nSPS) is 15.7. The van der Waals surface area contributed by atoms with E-state index in [-0.39, 0.29) is 5.91 Å². The minimum absolute atomic E-state index is 0.270. The smallest absolute Gasteiger partial charge is 0.260 e. The van der Waals surface area contributed by atoms with E-state index in [1.165, 1.54) is 50.3 Å². The van der Waals surface area contributed by atoms with Gasteiger partial charge in [0.2, 0.25) is 0 Å². The van der Waals surface area contributed by atoms with Gasteiger partial charge in [-0.25, -0.2) is 4.68 Å². The summed E-state index contributed by atoms with van der Waals surface area (Å²) in [5, 5.41) is 18.4. The van der Waals surface area contributed by atoms with Crippen LogP contribution in [0.15, 0.2) is 56.3 Å². The van der Waals surface area contributed by atoms with Gasteiger partial charge in [-0.15, -0.1) is 11.8 Å². The fourth-order valence-corrected chi connectivity index (χ4v) is 3.73. The average molecular weight is 501 g/mol. The lowest BCUT2D eigenvalue weighted by Crippen LogP contribution is -2.26. The highest BCUT2D eigenvalue weighted by Crippen LogP contribution is 2.19. The van der Waals surface area contributed by atoms with E-state index in [2.05, 4.69) is 37.5 Å². The summed E-state index contributed by atoms with van der Waals surface area (Å²) in [6.45, 7) is 15.9. The fraction of sp³-hybridized carbons (Fsp3) is 0.480. The van der Waals surface area contributed by atoms with Gasteiger partial charge in [0.15, 0.2) is 0 Å². The third-order valence-corrected chi connectivity index (χ3v) is 5.33. The number of anilines is 1. The molecule has 0 unspecified atom stereocenters. The van der Waals surface area contributed by atoms with Crippen LogP contribution in [-0.2, 0) is 10.7 Å². The maximum Gasteiger partial charge on any atom is 0.260 e. The Kier molecular flexibility index (Phi) is 15.8. The number of aromatic nitrogens is 2. The Labute approximate surface area is 214 Å². The summed E-state index contributed by atoms with van der Waals surface area (Å²) in [7, 11) is 0. The monoisotopic (exact) mass is 500 g/mol. The summed E-state index contributed by atoms with van der Waals surface area (Å²) < 4.78 is 1.72. The number of aryl methyl sites for hydroxylation is 1. The van der Waals surface area contributed by atoms with Crippen LogP contribution < -0.4 is 10.6 Å². The number of rotatable bonds is 8. The molecule has 1 saturated heterocycles. The van der Waals surface area contributed by atoms with Crippen molar-refractivity contribution in [1.82, 2.24) is 20.1 Å². The zero-order chi connectivity index (χ0) is 25.9. The van der Waals surface area contributed by atoms with Crippen molar-refractivity contribution in [2.45, 2.75) is 59.8 Å². The predicted molar refractivity (Wildman–Crippen MR) is 151 cm³/mol. The summed E-state index contributed by atoms with van der Waals surface area (Å²) in [6.07, 6.45) is 12.7. The zero-order valence-electron chi connectivity index (χ0n) is 21.7. The third-order valence-electron chi connectivity index (χ3n) is 4.62. The number of hydrogen-bond acceptors (Lipinski definition) is 8. The minimum Gasteiger partial charge on any atom is -0.317 e. The lowest BCUT2D eigenvalue weighted by Gasteiger charge is -2.20. The van der Waals surface area contributed by atoms with Gasteiger partial charge in [-0.1, -0.05) is 26.3 Å². The van der Waals surface area contributed by atoms with Crippen molar-refractivity contribution in [2.75, 3.05) is 25.0 Å². The number of nitrogens with one attached hydrogen (secondary N) is 2. The molecule has 0 saturated carbocycles. The highest BCUT2D eigenvalue weighted by molar-refractivity contribution is 8.01. The van der Waals surface area contributed by atoms with Gasteiger partial charge in [0.25, 0.3) is 5.91 Å². The van der Waals surface area contributed by atoms with Crippen molar-refractivity contribution in [3.63, 3.8) is 0 Å². The first-order valence-corrected chi connectivity index (χ1v) is 13.1. The van der Waals surface area contributed by atoms with Crippen LogP contribution in [0.25, 0.3) is 0 Å². The van der Waals surface area contributed by atoms with Crippen LogP contribution in [0.1, 0.15) is 52.7 Å². The van der Waals surface area contributed by atoms with Crippen molar-refractivity contribution < 1.29 is 4.79 Å². The van der Waals surface area contributed by atoms with Gasteiger partial charge in [-0.3, -0.25) is 19.8 Å². The Morgan fingerprint density at radius 3 is 2.60 bits per heavy atom. The second-order valence-corrected chi connectivity index (χ2v) is 8.13. The number of carbonyl (C=O) groups is 1. The van der Waals surface area contributed by atoms with Gasteiger partial charge in [0.1, 0.15) is 5.82 Å². The number of hydrazone groups is 1. The molecule has 9 nitrogen and oxygen atoms in total. The van der Waals surface area contributed by atoms with E-state index >= 15 is 0 Å². The Morgan fingerprint density at radius 2 is 2.03 bits per heavy atom. The summed E-state index contributed by atoms with van der Waals surface area (Å²) in [4.78, 5) is 20.8. The third kappa shape index (κ3) is 11.3. The van der Waals surface area contributed by atoms with Gasteiger partial charge < -0.3 is 10.6 Å². The van der Waals surface area contributed by atoms with Crippen LogP contribution in [0.4, 0.5) is 5.82 Å². The van der Waals surface area contributed by atoms with E-state index in [1.807, 2.05) is 58.4 Å². The Morgan fingerprint density at radius 1 is 1.29 bits per heavy atom. The number of hydrogen-bond donors (Lipinski definition) is 2. The molecule has 1 amide bonds. The first-order valence-electron chi connectivity index (χ1n) is 12.0. The van der Waals surface area contributed by atoms with Gasteiger partial charge >= 0.3 is 0 Å². The minimum atomic E-state index is -0.270.